The predicted octanol–water partition coefficient (Wildman–Crippen LogP) is 3.70. The second-order valence-electron chi connectivity index (χ2n) is 7.06. The molecule has 1 aliphatic heterocycles. The monoisotopic (exact) mass is 552 g/mol. The Labute approximate surface area is 196 Å². The van der Waals surface area contributed by atoms with Crippen LogP contribution >= 0.6 is 34.2 Å². The van der Waals surface area contributed by atoms with Gasteiger partial charge in [-0.25, -0.2) is 4.68 Å². The number of para-hydroxylation sites is 1. The highest BCUT2D eigenvalue weighted by atomic mass is 127. The van der Waals surface area contributed by atoms with E-state index >= 15 is 0 Å². The maximum Gasteiger partial charge on any atom is 0.276 e. The van der Waals surface area contributed by atoms with Gasteiger partial charge in [0.25, 0.3) is 11.6 Å². The molecule has 1 saturated heterocycles. The molecule has 160 valence electrons. The lowest BCUT2D eigenvalue weighted by Gasteiger charge is -2.36. The topological polar surface area (TPSA) is 97.4 Å². The van der Waals surface area contributed by atoms with Crippen molar-refractivity contribution in [1.29, 1.82) is 0 Å². The van der Waals surface area contributed by atoms with E-state index in [-0.39, 0.29) is 11.6 Å². The number of hydrogen-bond acceptors (Lipinski definition) is 6. The molecule has 31 heavy (non-hydrogen) atoms. The number of rotatable bonds is 4. The Bertz CT molecular complexity index is 1160. The van der Waals surface area contributed by atoms with Crippen LogP contribution in [0.4, 0.5) is 11.4 Å². The summed E-state index contributed by atoms with van der Waals surface area (Å²) in [6, 6.07) is 12.2. The lowest BCUT2D eigenvalue weighted by Crippen LogP contribution is -2.49. The second-order valence-corrected chi connectivity index (χ2v) is 8.63. The molecule has 1 aliphatic rings. The summed E-state index contributed by atoms with van der Waals surface area (Å²) in [5.41, 5.74) is 2.58. The zero-order valence-electron chi connectivity index (χ0n) is 16.5. The van der Waals surface area contributed by atoms with Crippen molar-refractivity contribution in [2.24, 2.45) is 0 Å². The van der Waals surface area contributed by atoms with Gasteiger partial charge in [-0.1, -0.05) is 28.9 Å². The average Bonchev–Trinajstić information content (AvgIpc) is 3.14. The maximum absolute atomic E-state index is 13.1. The molecular weight excluding hydrogens is 535 g/mol. The van der Waals surface area contributed by atoms with Crippen LogP contribution in [0.15, 0.2) is 42.5 Å². The summed E-state index contributed by atoms with van der Waals surface area (Å²) in [4.78, 5) is 27.3. The molecule has 0 saturated carbocycles. The largest absolute Gasteiger partial charge is 0.367 e. The van der Waals surface area contributed by atoms with E-state index in [9.17, 15) is 14.9 Å². The summed E-state index contributed by atoms with van der Waals surface area (Å²) in [6.45, 7) is 3.94. The quantitative estimate of drug-likeness (QED) is 0.278. The molecule has 2 heterocycles. The fourth-order valence-corrected chi connectivity index (χ4v) is 4.46. The van der Waals surface area contributed by atoms with Gasteiger partial charge in [0.1, 0.15) is 0 Å². The number of aromatic nitrogens is 3. The Morgan fingerprint density at radius 1 is 1.13 bits per heavy atom. The van der Waals surface area contributed by atoms with Crippen LogP contribution in [0.2, 0.25) is 5.02 Å². The highest BCUT2D eigenvalue weighted by Gasteiger charge is 2.27. The van der Waals surface area contributed by atoms with Crippen molar-refractivity contribution in [3.8, 4) is 5.69 Å². The summed E-state index contributed by atoms with van der Waals surface area (Å²) >= 11 is 8.48. The number of nitrogens with zero attached hydrogens (tertiary/aromatic N) is 6. The van der Waals surface area contributed by atoms with Crippen LogP contribution in [-0.4, -0.2) is 56.9 Å². The number of carbonyl (C=O) groups is 1. The van der Waals surface area contributed by atoms with Crippen molar-refractivity contribution >= 4 is 51.5 Å². The van der Waals surface area contributed by atoms with Crippen LogP contribution in [0.1, 0.15) is 16.2 Å². The highest BCUT2D eigenvalue weighted by Crippen LogP contribution is 2.30. The summed E-state index contributed by atoms with van der Waals surface area (Å²) < 4.78 is 2.70. The van der Waals surface area contributed by atoms with Crippen LogP contribution in [0.25, 0.3) is 5.69 Å². The van der Waals surface area contributed by atoms with Crippen LogP contribution in [0.3, 0.4) is 0 Å². The van der Waals surface area contributed by atoms with E-state index in [2.05, 4.69) is 32.9 Å². The third kappa shape index (κ3) is 4.22. The van der Waals surface area contributed by atoms with Crippen LogP contribution in [0, 0.1) is 20.6 Å². The van der Waals surface area contributed by atoms with Gasteiger partial charge < -0.3 is 9.80 Å². The van der Waals surface area contributed by atoms with Crippen molar-refractivity contribution in [2.75, 3.05) is 31.1 Å². The van der Waals surface area contributed by atoms with E-state index in [1.54, 1.807) is 15.6 Å². The minimum absolute atomic E-state index is 0.0470. The third-order valence-electron chi connectivity index (χ3n) is 5.23. The standard InChI is InChI=1S/C20H18ClIN6O3/c1-13-19(23-24-27(13)18-5-3-2-4-16(18)22)20(29)26-10-8-25(9-11-26)17-7-6-14(28(30)31)12-15(17)21/h2-7,12H,8-11H2,1H3. The molecule has 4 rings (SSSR count). The normalized spacial score (nSPS) is 14.0. The molecule has 9 nitrogen and oxygen atoms in total. The van der Waals surface area contributed by atoms with Crippen LogP contribution in [0.5, 0.6) is 0 Å². The fraction of sp³-hybridized carbons (Fsp3) is 0.250. The Morgan fingerprint density at radius 2 is 1.84 bits per heavy atom. The molecule has 0 radical (unpaired) electrons. The van der Waals surface area contributed by atoms with Gasteiger partial charge >= 0.3 is 0 Å². The summed E-state index contributed by atoms with van der Waals surface area (Å²) in [5.74, 6) is -0.163. The first-order valence-corrected chi connectivity index (χ1v) is 11.0. The molecule has 1 amide bonds. The van der Waals surface area contributed by atoms with E-state index in [4.69, 9.17) is 11.6 Å². The molecule has 11 heteroatoms. The fourth-order valence-electron chi connectivity index (χ4n) is 3.55. The van der Waals surface area contributed by atoms with Gasteiger partial charge in [-0.2, -0.15) is 0 Å². The zero-order valence-corrected chi connectivity index (χ0v) is 19.4. The molecule has 2 aromatic carbocycles. The summed E-state index contributed by atoms with van der Waals surface area (Å²) in [5, 5.41) is 19.6. The Kier molecular flexibility index (Phi) is 6.10. The summed E-state index contributed by atoms with van der Waals surface area (Å²) in [7, 11) is 0. The minimum atomic E-state index is -0.474. The predicted molar refractivity (Wildman–Crippen MR) is 125 cm³/mol. The molecule has 1 fully saturated rings. The lowest BCUT2D eigenvalue weighted by molar-refractivity contribution is -0.384. The van der Waals surface area contributed by atoms with E-state index in [1.807, 2.05) is 36.1 Å². The van der Waals surface area contributed by atoms with Crippen molar-refractivity contribution < 1.29 is 9.72 Å². The van der Waals surface area contributed by atoms with Crippen molar-refractivity contribution in [3.05, 3.63) is 72.6 Å². The number of amides is 1. The van der Waals surface area contributed by atoms with E-state index in [1.165, 1.54) is 12.1 Å². The van der Waals surface area contributed by atoms with Gasteiger partial charge in [-0.3, -0.25) is 14.9 Å². The molecule has 3 aromatic rings. The van der Waals surface area contributed by atoms with Gasteiger partial charge in [0, 0.05) is 41.9 Å². The van der Waals surface area contributed by atoms with Gasteiger partial charge in [-0.15, -0.1) is 5.10 Å². The number of halogens is 2. The maximum atomic E-state index is 13.1. The number of anilines is 1. The number of hydrogen-bond donors (Lipinski definition) is 0. The SMILES string of the molecule is Cc1c(C(=O)N2CCN(c3ccc([N+](=O)[O-])cc3Cl)CC2)nnn1-c1ccccc1I. The molecule has 0 spiro atoms. The second kappa shape index (κ2) is 8.79. The average molecular weight is 553 g/mol. The van der Waals surface area contributed by atoms with Crippen molar-refractivity contribution in [2.45, 2.75) is 6.92 Å². The number of carbonyl (C=O) groups excluding carboxylic acids is 1. The smallest absolute Gasteiger partial charge is 0.276 e. The molecule has 0 atom stereocenters. The van der Waals surface area contributed by atoms with Crippen LogP contribution in [-0.2, 0) is 0 Å². The molecule has 0 N–H and O–H groups in total. The minimum Gasteiger partial charge on any atom is -0.367 e. The molecule has 1 aromatic heterocycles. The summed E-state index contributed by atoms with van der Waals surface area (Å²) in [6.07, 6.45) is 0. The van der Waals surface area contributed by atoms with Crippen molar-refractivity contribution in [1.82, 2.24) is 19.9 Å². The van der Waals surface area contributed by atoms with E-state index in [0.29, 0.717) is 42.6 Å². The number of piperazine rings is 1. The van der Waals surface area contributed by atoms with Gasteiger partial charge in [0.15, 0.2) is 5.69 Å². The first kappa shape index (κ1) is 21.5. The molecule has 0 unspecified atom stereocenters. The Balaban J connectivity index is 1.47. The van der Waals surface area contributed by atoms with E-state index < -0.39 is 4.92 Å². The zero-order chi connectivity index (χ0) is 22.1. The first-order valence-electron chi connectivity index (χ1n) is 9.52. The van der Waals surface area contributed by atoms with Crippen LogP contribution < -0.4 is 4.90 Å². The number of non-ortho nitro benzene ring substituents is 1. The first-order chi connectivity index (χ1) is 14.9. The molecule has 0 aliphatic carbocycles. The number of nitro benzene ring substituents is 1. The number of nitro groups is 1. The lowest BCUT2D eigenvalue weighted by atomic mass is 10.2. The molecular formula is C20H18ClIN6O3. The highest BCUT2D eigenvalue weighted by molar-refractivity contribution is 14.1. The Morgan fingerprint density at radius 3 is 2.48 bits per heavy atom. The molecule has 0 bridgehead atoms. The number of benzene rings is 2. The Hall–Kier alpha value is -2.73. The van der Waals surface area contributed by atoms with Crippen molar-refractivity contribution in [3.63, 3.8) is 0 Å². The van der Waals surface area contributed by atoms with E-state index in [0.717, 1.165) is 14.9 Å². The van der Waals surface area contributed by atoms with Gasteiger partial charge in [-0.05, 0) is 47.7 Å². The van der Waals surface area contributed by atoms with Gasteiger partial charge in [0.2, 0.25) is 0 Å². The third-order valence-corrected chi connectivity index (χ3v) is 6.44. The van der Waals surface area contributed by atoms with Gasteiger partial charge in [0.05, 0.1) is 27.0 Å².